The Balaban J connectivity index is 1.56. The van der Waals surface area contributed by atoms with Crippen molar-refractivity contribution in [2.45, 2.75) is 11.6 Å². The van der Waals surface area contributed by atoms with Crippen LogP contribution >= 0.6 is 35.0 Å². The highest BCUT2D eigenvalue weighted by Crippen LogP contribution is 2.26. The van der Waals surface area contributed by atoms with Crippen molar-refractivity contribution in [3.8, 4) is 0 Å². The molecule has 3 rings (SSSR count). The van der Waals surface area contributed by atoms with Crippen LogP contribution in [0.3, 0.4) is 0 Å². The van der Waals surface area contributed by atoms with Crippen LogP contribution < -0.4 is 10.6 Å². The molecule has 156 valence electrons. The van der Waals surface area contributed by atoms with Crippen LogP contribution in [0.4, 0.5) is 15.8 Å². The molecule has 7 nitrogen and oxygen atoms in total. The average Bonchev–Trinajstić information content (AvgIpc) is 3.04. The standard InChI is InChI=1S/C19H16Cl2FN5O2S/c1-27-16(9-17(28)23-14-5-3-2-4-13(14)22)25-26-19(27)30-10-18(29)24-15-8-11(20)6-7-12(15)21/h2-8H,9-10H2,1H3,(H,23,28)(H,24,29). The summed E-state index contributed by atoms with van der Waals surface area (Å²) in [6, 6.07) is 10.7. The van der Waals surface area contributed by atoms with E-state index in [1.54, 1.807) is 35.9 Å². The highest BCUT2D eigenvalue weighted by Gasteiger charge is 2.16. The Hall–Kier alpha value is -2.62. The zero-order valence-corrected chi connectivity index (χ0v) is 18.0. The van der Waals surface area contributed by atoms with Crippen LogP contribution in [0.2, 0.25) is 10.0 Å². The maximum absolute atomic E-state index is 13.6. The molecule has 0 unspecified atom stereocenters. The van der Waals surface area contributed by atoms with Crippen molar-refractivity contribution in [1.82, 2.24) is 14.8 Å². The number of thioether (sulfide) groups is 1. The third-order valence-electron chi connectivity index (χ3n) is 3.93. The number of hydrogen-bond donors (Lipinski definition) is 2. The van der Waals surface area contributed by atoms with Gasteiger partial charge >= 0.3 is 0 Å². The molecule has 0 aliphatic rings. The first-order valence-electron chi connectivity index (χ1n) is 8.64. The van der Waals surface area contributed by atoms with Gasteiger partial charge in [-0.05, 0) is 30.3 Å². The minimum Gasteiger partial charge on any atom is -0.324 e. The van der Waals surface area contributed by atoms with Crippen LogP contribution in [0.1, 0.15) is 5.82 Å². The SMILES string of the molecule is Cn1c(CC(=O)Nc2ccccc2F)nnc1SCC(=O)Nc1cc(Cl)ccc1Cl. The van der Waals surface area contributed by atoms with Crippen molar-refractivity contribution in [1.29, 1.82) is 0 Å². The monoisotopic (exact) mass is 467 g/mol. The highest BCUT2D eigenvalue weighted by atomic mass is 35.5. The summed E-state index contributed by atoms with van der Waals surface area (Å²) in [6.45, 7) is 0. The number of carbonyl (C=O) groups is 2. The fourth-order valence-corrected chi connectivity index (χ4v) is 3.50. The van der Waals surface area contributed by atoms with Gasteiger partial charge in [0.2, 0.25) is 11.8 Å². The van der Waals surface area contributed by atoms with Crippen molar-refractivity contribution in [2.24, 2.45) is 7.05 Å². The smallest absolute Gasteiger partial charge is 0.234 e. The van der Waals surface area contributed by atoms with E-state index in [-0.39, 0.29) is 23.8 Å². The summed E-state index contributed by atoms with van der Waals surface area (Å²) >= 11 is 13.1. The molecule has 0 aliphatic heterocycles. The summed E-state index contributed by atoms with van der Waals surface area (Å²) in [7, 11) is 1.68. The minimum absolute atomic E-state index is 0.0518. The first kappa shape index (κ1) is 22.1. The number of amides is 2. The maximum Gasteiger partial charge on any atom is 0.234 e. The van der Waals surface area contributed by atoms with E-state index in [0.29, 0.717) is 26.7 Å². The van der Waals surface area contributed by atoms with Crippen LogP contribution in [0.15, 0.2) is 47.6 Å². The normalized spacial score (nSPS) is 10.7. The first-order chi connectivity index (χ1) is 14.3. The lowest BCUT2D eigenvalue weighted by Crippen LogP contribution is -2.18. The minimum atomic E-state index is -0.522. The number of nitrogens with zero attached hydrogens (tertiary/aromatic N) is 3. The quantitative estimate of drug-likeness (QED) is 0.508. The van der Waals surface area contributed by atoms with Gasteiger partial charge in [0, 0.05) is 12.1 Å². The van der Waals surface area contributed by atoms with Gasteiger partial charge in [-0.15, -0.1) is 10.2 Å². The van der Waals surface area contributed by atoms with Gasteiger partial charge in [0.1, 0.15) is 11.6 Å². The van der Waals surface area contributed by atoms with E-state index >= 15 is 0 Å². The van der Waals surface area contributed by atoms with E-state index in [2.05, 4.69) is 20.8 Å². The van der Waals surface area contributed by atoms with Crippen LogP contribution in [0, 0.1) is 5.82 Å². The second-order valence-electron chi connectivity index (χ2n) is 6.12. The molecular weight excluding hydrogens is 452 g/mol. The van der Waals surface area contributed by atoms with E-state index in [0.717, 1.165) is 11.8 Å². The van der Waals surface area contributed by atoms with Crippen molar-refractivity contribution in [2.75, 3.05) is 16.4 Å². The number of rotatable bonds is 7. The highest BCUT2D eigenvalue weighted by molar-refractivity contribution is 7.99. The number of benzene rings is 2. The zero-order chi connectivity index (χ0) is 21.7. The molecule has 30 heavy (non-hydrogen) atoms. The molecule has 2 amide bonds. The fourth-order valence-electron chi connectivity index (χ4n) is 2.43. The topological polar surface area (TPSA) is 88.9 Å². The van der Waals surface area contributed by atoms with Crippen LogP contribution in [0.25, 0.3) is 0 Å². The van der Waals surface area contributed by atoms with Gasteiger partial charge in [0.15, 0.2) is 5.16 Å². The molecule has 0 radical (unpaired) electrons. The van der Waals surface area contributed by atoms with Crippen LogP contribution in [0.5, 0.6) is 0 Å². The largest absolute Gasteiger partial charge is 0.324 e. The predicted octanol–water partition coefficient (Wildman–Crippen LogP) is 4.17. The van der Waals surface area contributed by atoms with Crippen LogP contribution in [-0.4, -0.2) is 32.3 Å². The maximum atomic E-state index is 13.6. The van der Waals surface area contributed by atoms with Gasteiger partial charge in [-0.1, -0.05) is 47.1 Å². The van der Waals surface area contributed by atoms with Gasteiger partial charge in [-0.25, -0.2) is 4.39 Å². The van der Waals surface area contributed by atoms with Gasteiger partial charge in [0.05, 0.1) is 28.6 Å². The van der Waals surface area contributed by atoms with Gasteiger partial charge < -0.3 is 15.2 Å². The lowest BCUT2D eigenvalue weighted by Gasteiger charge is -2.08. The molecule has 0 aliphatic carbocycles. The summed E-state index contributed by atoms with van der Waals surface area (Å²) in [6.07, 6.45) is -0.0945. The van der Waals surface area contributed by atoms with Crippen molar-refractivity contribution in [3.63, 3.8) is 0 Å². The van der Waals surface area contributed by atoms with E-state index in [9.17, 15) is 14.0 Å². The second kappa shape index (κ2) is 9.92. The average molecular weight is 468 g/mol. The number of hydrogen-bond acceptors (Lipinski definition) is 5. The predicted molar refractivity (Wildman–Crippen MR) is 116 cm³/mol. The number of halogens is 3. The van der Waals surface area contributed by atoms with Crippen molar-refractivity contribution in [3.05, 3.63) is 64.2 Å². The van der Waals surface area contributed by atoms with E-state index in [4.69, 9.17) is 23.2 Å². The number of para-hydroxylation sites is 1. The Morgan fingerprint density at radius 1 is 1.07 bits per heavy atom. The Bertz CT molecular complexity index is 1090. The number of aromatic nitrogens is 3. The van der Waals surface area contributed by atoms with Crippen molar-refractivity contribution >= 4 is 58.2 Å². The molecular formula is C19H16Cl2FN5O2S. The summed E-state index contributed by atoms with van der Waals surface area (Å²) in [5.74, 6) is -0.821. The van der Waals surface area contributed by atoms with Gasteiger partial charge in [0.25, 0.3) is 0 Å². The summed E-state index contributed by atoms with van der Waals surface area (Å²) in [4.78, 5) is 24.4. The molecule has 0 atom stereocenters. The molecule has 3 aromatic rings. The van der Waals surface area contributed by atoms with E-state index in [1.807, 2.05) is 0 Å². The Kier molecular flexibility index (Phi) is 7.30. The molecule has 2 N–H and O–H groups in total. The fraction of sp³-hybridized carbons (Fsp3) is 0.158. The number of anilines is 2. The van der Waals surface area contributed by atoms with Crippen molar-refractivity contribution < 1.29 is 14.0 Å². The van der Waals surface area contributed by atoms with E-state index in [1.165, 1.54) is 18.2 Å². The second-order valence-corrected chi connectivity index (χ2v) is 7.91. The Morgan fingerprint density at radius 3 is 2.57 bits per heavy atom. The Labute approximate surface area is 186 Å². The Morgan fingerprint density at radius 2 is 1.80 bits per heavy atom. The third-order valence-corrected chi connectivity index (χ3v) is 5.51. The lowest BCUT2D eigenvalue weighted by atomic mass is 10.3. The van der Waals surface area contributed by atoms with Crippen LogP contribution in [-0.2, 0) is 23.1 Å². The molecule has 0 saturated carbocycles. The van der Waals surface area contributed by atoms with E-state index < -0.39 is 11.7 Å². The molecule has 1 aromatic heterocycles. The number of nitrogens with one attached hydrogen (secondary N) is 2. The first-order valence-corrected chi connectivity index (χ1v) is 10.4. The summed E-state index contributed by atoms with van der Waals surface area (Å²) in [5, 5.41) is 14.4. The lowest BCUT2D eigenvalue weighted by molar-refractivity contribution is -0.116. The molecule has 0 saturated heterocycles. The molecule has 0 bridgehead atoms. The number of carbonyl (C=O) groups excluding carboxylic acids is 2. The zero-order valence-electron chi connectivity index (χ0n) is 15.7. The summed E-state index contributed by atoms with van der Waals surface area (Å²) < 4.78 is 15.2. The molecule has 1 heterocycles. The third kappa shape index (κ3) is 5.71. The molecule has 0 spiro atoms. The van der Waals surface area contributed by atoms with Gasteiger partial charge in [-0.2, -0.15) is 0 Å². The molecule has 11 heteroatoms. The molecule has 0 fully saturated rings. The summed E-state index contributed by atoms with van der Waals surface area (Å²) in [5.41, 5.74) is 0.508. The van der Waals surface area contributed by atoms with Gasteiger partial charge in [-0.3, -0.25) is 9.59 Å². The molecule has 2 aromatic carbocycles.